The number of anilines is 1. The van der Waals surface area contributed by atoms with E-state index in [1.54, 1.807) is 24.4 Å². The lowest BCUT2D eigenvalue weighted by Gasteiger charge is -2.14. The van der Waals surface area contributed by atoms with Crippen molar-refractivity contribution in [2.75, 3.05) is 5.32 Å². The standard InChI is InChI=1S/C23H25N5O3/c1-14-5-8-19-24-12-18(28(19)13-14)22(29)25-17-11-16(7-6-15(17)2)21-26-20(31-27-21)9-10-23(3,4)30/h5-8,11-13,30H,9-10H2,1-4H3,(H,25,29). The Kier molecular flexibility index (Phi) is 5.32. The Hall–Kier alpha value is -3.52. The summed E-state index contributed by atoms with van der Waals surface area (Å²) in [4.78, 5) is 21.7. The van der Waals surface area contributed by atoms with E-state index in [4.69, 9.17) is 4.52 Å². The van der Waals surface area contributed by atoms with E-state index in [-0.39, 0.29) is 5.91 Å². The molecule has 0 fully saturated rings. The second-order valence-electron chi connectivity index (χ2n) is 8.39. The Balaban J connectivity index is 1.56. The maximum atomic E-state index is 12.9. The average Bonchev–Trinajstić information content (AvgIpc) is 3.34. The molecule has 0 aliphatic heterocycles. The number of carbonyl (C=O) groups excluding carboxylic acids is 1. The lowest BCUT2D eigenvalue weighted by molar-refractivity contribution is 0.0689. The van der Waals surface area contributed by atoms with Crippen molar-refractivity contribution in [1.82, 2.24) is 19.5 Å². The maximum Gasteiger partial charge on any atom is 0.274 e. The summed E-state index contributed by atoms with van der Waals surface area (Å²) in [6.45, 7) is 7.37. The van der Waals surface area contributed by atoms with Crippen LogP contribution in [0.25, 0.3) is 17.0 Å². The predicted octanol–water partition coefficient (Wildman–Crippen LogP) is 3.96. The van der Waals surface area contributed by atoms with E-state index in [1.165, 1.54) is 0 Å². The van der Waals surface area contributed by atoms with Gasteiger partial charge in [0.05, 0.1) is 11.8 Å². The highest BCUT2D eigenvalue weighted by molar-refractivity contribution is 6.04. The number of hydrogen-bond acceptors (Lipinski definition) is 6. The molecule has 0 spiro atoms. The molecule has 0 aliphatic rings. The summed E-state index contributed by atoms with van der Waals surface area (Å²) in [6.07, 6.45) is 4.45. The Morgan fingerprint density at radius 3 is 2.81 bits per heavy atom. The molecule has 4 rings (SSSR count). The Labute approximate surface area is 179 Å². The number of aromatic nitrogens is 4. The number of hydrogen-bond donors (Lipinski definition) is 2. The lowest BCUT2D eigenvalue weighted by Crippen LogP contribution is -2.19. The number of imidazole rings is 1. The van der Waals surface area contributed by atoms with Gasteiger partial charge >= 0.3 is 0 Å². The topological polar surface area (TPSA) is 106 Å². The molecule has 8 heteroatoms. The highest BCUT2D eigenvalue weighted by Gasteiger charge is 2.17. The number of carbonyl (C=O) groups is 1. The molecule has 2 N–H and O–H groups in total. The summed E-state index contributed by atoms with van der Waals surface area (Å²) in [5.74, 6) is 0.647. The van der Waals surface area contributed by atoms with E-state index in [1.807, 2.05) is 50.4 Å². The molecule has 31 heavy (non-hydrogen) atoms. The van der Waals surface area contributed by atoms with Crippen molar-refractivity contribution in [3.63, 3.8) is 0 Å². The molecule has 1 amide bonds. The minimum Gasteiger partial charge on any atom is -0.390 e. The number of nitrogens with one attached hydrogen (secondary N) is 1. The molecule has 1 aromatic carbocycles. The molecule has 3 aromatic heterocycles. The van der Waals surface area contributed by atoms with Crippen LogP contribution in [0.5, 0.6) is 0 Å². The summed E-state index contributed by atoms with van der Waals surface area (Å²) < 4.78 is 7.09. The molecule has 160 valence electrons. The molecule has 0 radical (unpaired) electrons. The van der Waals surface area contributed by atoms with Gasteiger partial charge in [0.15, 0.2) is 0 Å². The van der Waals surface area contributed by atoms with E-state index < -0.39 is 5.60 Å². The summed E-state index contributed by atoms with van der Waals surface area (Å²) in [7, 11) is 0. The summed E-state index contributed by atoms with van der Waals surface area (Å²) in [5, 5.41) is 16.9. The molecule has 0 saturated heterocycles. The molecular weight excluding hydrogens is 394 g/mol. The number of rotatable bonds is 6. The maximum absolute atomic E-state index is 12.9. The monoisotopic (exact) mass is 419 g/mol. The van der Waals surface area contributed by atoms with Gasteiger partial charge in [-0.2, -0.15) is 4.98 Å². The third kappa shape index (κ3) is 4.64. The number of pyridine rings is 1. The minimum absolute atomic E-state index is 0.252. The van der Waals surface area contributed by atoms with Crippen molar-refractivity contribution >= 4 is 17.2 Å². The molecule has 8 nitrogen and oxygen atoms in total. The summed E-state index contributed by atoms with van der Waals surface area (Å²) in [5.41, 5.74) is 3.71. The van der Waals surface area contributed by atoms with Crippen molar-refractivity contribution in [1.29, 1.82) is 0 Å². The fraction of sp³-hybridized carbons (Fsp3) is 0.304. The number of aliphatic hydroxyl groups is 1. The highest BCUT2D eigenvalue weighted by Crippen LogP contribution is 2.25. The van der Waals surface area contributed by atoms with E-state index >= 15 is 0 Å². The first-order chi connectivity index (χ1) is 14.7. The SMILES string of the molecule is Cc1ccc2ncc(C(=O)Nc3cc(-c4noc(CCC(C)(C)O)n4)ccc3C)n2c1. The zero-order valence-corrected chi connectivity index (χ0v) is 18.0. The van der Waals surface area contributed by atoms with Gasteiger partial charge in [-0.05, 0) is 57.4 Å². The Morgan fingerprint density at radius 1 is 1.23 bits per heavy atom. The van der Waals surface area contributed by atoms with Gasteiger partial charge in [-0.1, -0.05) is 23.4 Å². The molecular formula is C23H25N5O3. The van der Waals surface area contributed by atoms with Crippen molar-refractivity contribution in [3.8, 4) is 11.4 Å². The first-order valence-corrected chi connectivity index (χ1v) is 10.1. The molecule has 0 saturated carbocycles. The van der Waals surface area contributed by atoms with Gasteiger partial charge in [0.1, 0.15) is 11.3 Å². The predicted molar refractivity (Wildman–Crippen MR) is 117 cm³/mol. The van der Waals surface area contributed by atoms with E-state index in [9.17, 15) is 9.90 Å². The van der Waals surface area contributed by atoms with Gasteiger partial charge in [0, 0.05) is 23.9 Å². The third-order valence-electron chi connectivity index (χ3n) is 5.05. The number of aryl methyl sites for hydroxylation is 3. The average molecular weight is 419 g/mol. The van der Waals surface area contributed by atoms with Crippen LogP contribution in [-0.2, 0) is 6.42 Å². The smallest absolute Gasteiger partial charge is 0.274 e. The van der Waals surface area contributed by atoms with Crippen molar-refractivity contribution in [3.05, 3.63) is 65.4 Å². The Bertz CT molecular complexity index is 1250. The van der Waals surface area contributed by atoms with E-state index in [2.05, 4.69) is 20.4 Å². The number of fused-ring (bicyclic) bond motifs is 1. The van der Waals surface area contributed by atoms with Crippen molar-refractivity contribution in [2.24, 2.45) is 0 Å². The van der Waals surface area contributed by atoms with E-state index in [0.29, 0.717) is 41.6 Å². The van der Waals surface area contributed by atoms with E-state index in [0.717, 1.165) is 16.7 Å². The lowest BCUT2D eigenvalue weighted by atomic mass is 10.0. The third-order valence-corrected chi connectivity index (χ3v) is 5.05. The normalized spacial score (nSPS) is 11.8. The second-order valence-corrected chi connectivity index (χ2v) is 8.39. The zero-order valence-electron chi connectivity index (χ0n) is 18.0. The Morgan fingerprint density at radius 2 is 2.03 bits per heavy atom. The first kappa shape index (κ1) is 20.7. The quantitative estimate of drug-likeness (QED) is 0.490. The van der Waals surface area contributed by atoms with Crippen LogP contribution in [0.1, 0.15) is 47.8 Å². The van der Waals surface area contributed by atoms with Crippen LogP contribution >= 0.6 is 0 Å². The van der Waals surface area contributed by atoms with Crippen LogP contribution < -0.4 is 5.32 Å². The van der Waals surface area contributed by atoms with Crippen LogP contribution in [-0.4, -0.2) is 36.1 Å². The summed E-state index contributed by atoms with van der Waals surface area (Å²) >= 11 is 0. The van der Waals surface area contributed by atoms with Crippen LogP contribution in [0.3, 0.4) is 0 Å². The zero-order chi connectivity index (χ0) is 22.2. The van der Waals surface area contributed by atoms with Crippen molar-refractivity contribution in [2.45, 2.75) is 46.1 Å². The van der Waals surface area contributed by atoms with Crippen LogP contribution in [0.15, 0.2) is 47.2 Å². The highest BCUT2D eigenvalue weighted by atomic mass is 16.5. The molecule has 0 bridgehead atoms. The molecule has 0 unspecified atom stereocenters. The van der Waals surface area contributed by atoms with Crippen LogP contribution in [0.2, 0.25) is 0 Å². The number of nitrogens with zero attached hydrogens (tertiary/aromatic N) is 4. The van der Waals surface area contributed by atoms with Gasteiger partial charge in [0.25, 0.3) is 5.91 Å². The molecule has 4 aromatic rings. The number of amides is 1. The molecule has 0 aliphatic carbocycles. The minimum atomic E-state index is -0.799. The first-order valence-electron chi connectivity index (χ1n) is 10.1. The molecule has 0 atom stereocenters. The molecule has 3 heterocycles. The fourth-order valence-electron chi connectivity index (χ4n) is 3.22. The van der Waals surface area contributed by atoms with Crippen molar-refractivity contribution < 1.29 is 14.4 Å². The fourth-order valence-corrected chi connectivity index (χ4v) is 3.22. The van der Waals surface area contributed by atoms with Gasteiger partial charge in [0.2, 0.25) is 11.7 Å². The van der Waals surface area contributed by atoms with Gasteiger partial charge in [-0.15, -0.1) is 0 Å². The van der Waals surface area contributed by atoms with Gasteiger partial charge in [-0.25, -0.2) is 4.98 Å². The number of benzene rings is 1. The largest absolute Gasteiger partial charge is 0.390 e. The second kappa shape index (κ2) is 7.96. The van der Waals surface area contributed by atoms with Gasteiger partial charge < -0.3 is 14.9 Å². The summed E-state index contributed by atoms with van der Waals surface area (Å²) in [6, 6.07) is 9.44. The van der Waals surface area contributed by atoms with Crippen LogP contribution in [0, 0.1) is 13.8 Å². The van der Waals surface area contributed by atoms with Gasteiger partial charge in [-0.3, -0.25) is 9.20 Å². The van der Waals surface area contributed by atoms with Crippen LogP contribution in [0.4, 0.5) is 5.69 Å².